The fraction of sp³-hybridized carbons (Fsp3) is 0.400. The minimum absolute atomic E-state index is 0.101. The van der Waals surface area contributed by atoms with Crippen molar-refractivity contribution in [3.05, 3.63) is 52.4 Å². The summed E-state index contributed by atoms with van der Waals surface area (Å²) in [5.74, 6) is 0.0661. The van der Waals surface area contributed by atoms with Gasteiger partial charge >= 0.3 is 5.97 Å². The lowest BCUT2D eigenvalue weighted by atomic mass is 9.75. The Kier molecular flexibility index (Phi) is 4.93. The summed E-state index contributed by atoms with van der Waals surface area (Å²) < 4.78 is 10.5. The van der Waals surface area contributed by atoms with Gasteiger partial charge in [-0.25, -0.2) is 4.79 Å². The zero-order valence-electron chi connectivity index (χ0n) is 14.8. The number of benzene rings is 1. The summed E-state index contributed by atoms with van der Waals surface area (Å²) in [5, 5.41) is 3.27. The van der Waals surface area contributed by atoms with Gasteiger partial charge in [-0.05, 0) is 44.4 Å². The van der Waals surface area contributed by atoms with Crippen LogP contribution in [0.15, 0.2) is 46.8 Å². The monoisotopic (exact) mass is 341 g/mol. The molecule has 0 aromatic heterocycles. The Labute approximate surface area is 147 Å². The number of methoxy groups -OCH3 is 1. The third-order valence-electron chi connectivity index (χ3n) is 4.72. The van der Waals surface area contributed by atoms with Crippen LogP contribution >= 0.6 is 0 Å². The second-order valence-electron chi connectivity index (χ2n) is 6.26. The molecule has 0 radical (unpaired) electrons. The van der Waals surface area contributed by atoms with Crippen LogP contribution in [0.1, 0.15) is 44.6 Å². The Morgan fingerprint density at radius 1 is 1.24 bits per heavy atom. The number of Topliss-reactive ketones (excluding diaryl/α,β-unsaturated/α-hetero) is 1. The summed E-state index contributed by atoms with van der Waals surface area (Å²) in [6.07, 6.45) is 2.17. The molecule has 0 bridgehead atoms. The fourth-order valence-corrected chi connectivity index (χ4v) is 3.59. The van der Waals surface area contributed by atoms with Gasteiger partial charge in [0, 0.05) is 29.3 Å². The van der Waals surface area contributed by atoms with Crippen molar-refractivity contribution in [3.63, 3.8) is 0 Å². The van der Waals surface area contributed by atoms with Crippen LogP contribution in [0.3, 0.4) is 0 Å². The first-order valence-corrected chi connectivity index (χ1v) is 8.62. The molecular formula is C20H23NO4. The standard InChI is InChI=1S/C20H23NO4/c1-4-25-20(23)17-12(2)21-15-6-5-7-16(22)19(15)18(17)13-8-10-14(24-3)11-9-13/h8-11,18,21H,4-7H2,1-3H3/t18-/m1/s1. The average Bonchev–Trinajstić information content (AvgIpc) is 2.61. The highest BCUT2D eigenvalue weighted by molar-refractivity contribution is 6.03. The van der Waals surface area contributed by atoms with Gasteiger partial charge in [-0.1, -0.05) is 12.1 Å². The van der Waals surface area contributed by atoms with Crippen LogP contribution in [0.4, 0.5) is 0 Å². The Morgan fingerprint density at radius 3 is 2.60 bits per heavy atom. The SMILES string of the molecule is CCOC(=O)C1=C(C)NC2=C(C(=O)CCC2)[C@@H]1c1ccc(OC)cc1. The number of hydrogen-bond acceptors (Lipinski definition) is 5. The lowest BCUT2D eigenvalue weighted by Gasteiger charge is -2.34. The molecule has 0 fully saturated rings. The second-order valence-corrected chi connectivity index (χ2v) is 6.26. The van der Waals surface area contributed by atoms with E-state index in [2.05, 4.69) is 5.32 Å². The van der Waals surface area contributed by atoms with Crippen LogP contribution in [0.5, 0.6) is 5.75 Å². The van der Waals surface area contributed by atoms with Gasteiger partial charge in [-0.2, -0.15) is 0 Å². The van der Waals surface area contributed by atoms with E-state index in [9.17, 15) is 9.59 Å². The van der Waals surface area contributed by atoms with Gasteiger partial charge in [-0.3, -0.25) is 4.79 Å². The van der Waals surface area contributed by atoms with Crippen LogP contribution in [0, 0.1) is 0 Å². The number of ketones is 1. The predicted molar refractivity (Wildman–Crippen MR) is 94.1 cm³/mol. The average molecular weight is 341 g/mol. The number of hydrogen-bond donors (Lipinski definition) is 1. The number of rotatable bonds is 4. The van der Waals surface area contributed by atoms with Crippen molar-refractivity contribution in [2.75, 3.05) is 13.7 Å². The first-order valence-electron chi connectivity index (χ1n) is 8.62. The highest BCUT2D eigenvalue weighted by atomic mass is 16.5. The van der Waals surface area contributed by atoms with E-state index in [4.69, 9.17) is 9.47 Å². The molecule has 1 N–H and O–H groups in total. The number of allylic oxidation sites excluding steroid dienone is 3. The van der Waals surface area contributed by atoms with E-state index in [0.29, 0.717) is 24.2 Å². The van der Waals surface area contributed by atoms with Crippen molar-refractivity contribution in [1.82, 2.24) is 5.32 Å². The summed E-state index contributed by atoms with van der Waals surface area (Å²) in [7, 11) is 1.61. The number of carbonyl (C=O) groups is 2. The lowest BCUT2D eigenvalue weighted by molar-refractivity contribution is -0.138. The molecule has 1 heterocycles. The van der Waals surface area contributed by atoms with E-state index in [1.807, 2.05) is 31.2 Å². The van der Waals surface area contributed by atoms with Gasteiger partial charge in [0.2, 0.25) is 0 Å². The minimum atomic E-state index is -0.394. The maximum absolute atomic E-state index is 12.7. The molecule has 0 saturated carbocycles. The van der Waals surface area contributed by atoms with Crippen molar-refractivity contribution in [3.8, 4) is 5.75 Å². The highest BCUT2D eigenvalue weighted by Crippen LogP contribution is 2.42. The van der Waals surface area contributed by atoms with Crippen molar-refractivity contribution in [2.24, 2.45) is 0 Å². The van der Waals surface area contributed by atoms with Crippen LogP contribution in [-0.2, 0) is 14.3 Å². The molecule has 1 aromatic rings. The molecule has 1 aliphatic carbocycles. The maximum atomic E-state index is 12.7. The molecule has 1 aromatic carbocycles. The molecule has 3 rings (SSSR count). The molecule has 5 nitrogen and oxygen atoms in total. The van der Waals surface area contributed by atoms with Crippen LogP contribution in [-0.4, -0.2) is 25.5 Å². The van der Waals surface area contributed by atoms with E-state index in [0.717, 1.165) is 35.5 Å². The molecular weight excluding hydrogens is 318 g/mol. The van der Waals surface area contributed by atoms with Gasteiger partial charge in [0.25, 0.3) is 0 Å². The van der Waals surface area contributed by atoms with Gasteiger partial charge in [-0.15, -0.1) is 0 Å². The first kappa shape index (κ1) is 17.3. The van der Waals surface area contributed by atoms with Crippen molar-refractivity contribution in [2.45, 2.75) is 39.0 Å². The number of carbonyl (C=O) groups excluding carboxylic acids is 2. The summed E-state index contributed by atoms with van der Waals surface area (Å²) in [4.78, 5) is 25.3. The minimum Gasteiger partial charge on any atom is -0.497 e. The van der Waals surface area contributed by atoms with E-state index in [-0.39, 0.29) is 11.8 Å². The fourth-order valence-electron chi connectivity index (χ4n) is 3.59. The van der Waals surface area contributed by atoms with Crippen molar-refractivity contribution in [1.29, 1.82) is 0 Å². The maximum Gasteiger partial charge on any atom is 0.336 e. The van der Waals surface area contributed by atoms with Gasteiger partial charge in [0.1, 0.15) is 5.75 Å². The Bertz CT molecular complexity index is 758. The summed E-state index contributed by atoms with van der Waals surface area (Å²) >= 11 is 0. The zero-order valence-corrected chi connectivity index (χ0v) is 14.8. The van der Waals surface area contributed by atoms with E-state index in [1.165, 1.54) is 0 Å². The van der Waals surface area contributed by atoms with Gasteiger partial charge in [0.15, 0.2) is 5.78 Å². The lowest BCUT2D eigenvalue weighted by Crippen LogP contribution is -2.34. The number of dihydropyridines is 1. The Hall–Kier alpha value is -2.56. The summed E-state index contributed by atoms with van der Waals surface area (Å²) in [6.45, 7) is 3.94. The molecule has 1 atom stereocenters. The number of esters is 1. The van der Waals surface area contributed by atoms with E-state index in [1.54, 1.807) is 14.0 Å². The normalized spacial score (nSPS) is 20.1. The quantitative estimate of drug-likeness (QED) is 0.852. The smallest absolute Gasteiger partial charge is 0.336 e. The van der Waals surface area contributed by atoms with Crippen molar-refractivity contribution >= 4 is 11.8 Å². The Balaban J connectivity index is 2.13. The number of nitrogens with one attached hydrogen (secondary N) is 1. The summed E-state index contributed by atoms with van der Waals surface area (Å²) in [5.41, 5.74) is 3.80. The van der Waals surface area contributed by atoms with Crippen LogP contribution in [0.25, 0.3) is 0 Å². The summed E-state index contributed by atoms with van der Waals surface area (Å²) in [6, 6.07) is 7.52. The molecule has 0 spiro atoms. The van der Waals surface area contributed by atoms with Crippen LogP contribution in [0.2, 0.25) is 0 Å². The molecule has 25 heavy (non-hydrogen) atoms. The third kappa shape index (κ3) is 3.18. The van der Waals surface area contributed by atoms with Gasteiger partial charge < -0.3 is 14.8 Å². The predicted octanol–water partition coefficient (Wildman–Crippen LogP) is 3.23. The van der Waals surface area contributed by atoms with E-state index < -0.39 is 5.92 Å². The molecule has 132 valence electrons. The van der Waals surface area contributed by atoms with E-state index >= 15 is 0 Å². The molecule has 0 amide bonds. The molecule has 1 aliphatic heterocycles. The molecule has 5 heteroatoms. The largest absolute Gasteiger partial charge is 0.497 e. The Morgan fingerprint density at radius 2 is 1.96 bits per heavy atom. The second kappa shape index (κ2) is 7.13. The van der Waals surface area contributed by atoms with Crippen LogP contribution < -0.4 is 10.1 Å². The molecule has 0 saturated heterocycles. The highest BCUT2D eigenvalue weighted by Gasteiger charge is 2.38. The third-order valence-corrected chi connectivity index (χ3v) is 4.72. The molecule has 0 unspecified atom stereocenters. The topological polar surface area (TPSA) is 64.6 Å². The number of ether oxygens (including phenoxy) is 2. The zero-order chi connectivity index (χ0) is 18.0. The van der Waals surface area contributed by atoms with Crippen molar-refractivity contribution < 1.29 is 19.1 Å². The first-order chi connectivity index (χ1) is 12.1. The molecule has 2 aliphatic rings. The van der Waals surface area contributed by atoms with Gasteiger partial charge in [0.05, 0.1) is 19.3 Å².